The summed E-state index contributed by atoms with van der Waals surface area (Å²) in [5.74, 6) is 0. The van der Waals surface area contributed by atoms with Crippen LogP contribution in [0.3, 0.4) is 0 Å². The summed E-state index contributed by atoms with van der Waals surface area (Å²) in [5, 5.41) is 3.54. The highest BCUT2D eigenvalue weighted by Crippen LogP contribution is 2.30. The molecule has 2 nitrogen and oxygen atoms in total. The minimum Gasteiger partial charge on any atom is -0.307 e. The summed E-state index contributed by atoms with van der Waals surface area (Å²) in [7, 11) is 2.13. The van der Waals surface area contributed by atoms with Crippen molar-refractivity contribution in [3.8, 4) is 0 Å². The lowest BCUT2D eigenvalue weighted by Gasteiger charge is -2.36. The predicted octanol–water partition coefficient (Wildman–Crippen LogP) is 3.84. The first-order chi connectivity index (χ1) is 9.77. The van der Waals surface area contributed by atoms with E-state index >= 15 is 0 Å². The van der Waals surface area contributed by atoms with Crippen molar-refractivity contribution in [2.45, 2.75) is 51.0 Å². The van der Waals surface area contributed by atoms with Crippen molar-refractivity contribution < 1.29 is 13.2 Å². The van der Waals surface area contributed by atoms with E-state index in [4.69, 9.17) is 0 Å². The van der Waals surface area contributed by atoms with E-state index < -0.39 is 11.7 Å². The van der Waals surface area contributed by atoms with Crippen LogP contribution in [0.25, 0.3) is 0 Å². The van der Waals surface area contributed by atoms with Crippen LogP contribution >= 0.6 is 0 Å². The van der Waals surface area contributed by atoms with E-state index in [0.717, 1.165) is 37.1 Å². The van der Waals surface area contributed by atoms with Gasteiger partial charge in [0.2, 0.25) is 0 Å². The molecule has 1 aliphatic heterocycles. The first-order valence-corrected chi connectivity index (χ1v) is 7.41. The molecule has 3 unspecified atom stereocenters. The maximum absolute atomic E-state index is 12.6. The Morgan fingerprint density at radius 2 is 1.86 bits per heavy atom. The molecule has 3 atom stereocenters. The Hall–Kier alpha value is -1.07. The topological polar surface area (TPSA) is 15.3 Å². The molecule has 1 fully saturated rings. The Kier molecular flexibility index (Phi) is 4.94. The number of benzene rings is 1. The van der Waals surface area contributed by atoms with Crippen LogP contribution in [0.15, 0.2) is 24.3 Å². The quantitative estimate of drug-likeness (QED) is 0.912. The van der Waals surface area contributed by atoms with Crippen LogP contribution in [0.1, 0.15) is 43.9 Å². The number of hydrogen-bond acceptors (Lipinski definition) is 2. The molecule has 118 valence electrons. The van der Waals surface area contributed by atoms with Crippen molar-refractivity contribution in [2.24, 2.45) is 0 Å². The zero-order chi connectivity index (χ0) is 15.6. The van der Waals surface area contributed by atoms with Gasteiger partial charge in [-0.25, -0.2) is 0 Å². The number of alkyl halides is 3. The number of likely N-dealkylation sites (tertiary alicyclic amines) is 1. The summed E-state index contributed by atoms with van der Waals surface area (Å²) in [6.07, 6.45) is -2.12. The molecule has 21 heavy (non-hydrogen) atoms. The molecule has 0 saturated carbocycles. The number of piperidine rings is 1. The number of nitrogens with zero attached hydrogens (tertiary/aromatic N) is 1. The van der Waals surface area contributed by atoms with Crippen LogP contribution in [0.2, 0.25) is 0 Å². The average Bonchev–Trinajstić information content (AvgIpc) is 2.42. The second-order valence-corrected chi connectivity index (χ2v) is 6.06. The molecule has 1 saturated heterocycles. The highest BCUT2D eigenvalue weighted by Gasteiger charge is 2.30. The zero-order valence-electron chi connectivity index (χ0n) is 12.7. The highest BCUT2D eigenvalue weighted by molar-refractivity contribution is 5.26. The van der Waals surface area contributed by atoms with Crippen LogP contribution in [0.5, 0.6) is 0 Å². The molecule has 1 aromatic rings. The second kappa shape index (κ2) is 6.36. The van der Waals surface area contributed by atoms with Gasteiger partial charge in [-0.05, 0) is 58.0 Å². The Morgan fingerprint density at radius 1 is 1.24 bits per heavy atom. The summed E-state index contributed by atoms with van der Waals surface area (Å²) in [5.41, 5.74) is 0.306. The zero-order valence-corrected chi connectivity index (χ0v) is 12.7. The van der Waals surface area contributed by atoms with Gasteiger partial charge in [-0.1, -0.05) is 12.1 Å². The van der Waals surface area contributed by atoms with Gasteiger partial charge in [-0.3, -0.25) is 0 Å². The average molecular weight is 300 g/mol. The fourth-order valence-corrected chi connectivity index (χ4v) is 2.85. The molecule has 0 bridgehead atoms. The molecule has 0 amide bonds. The van der Waals surface area contributed by atoms with Gasteiger partial charge in [0.15, 0.2) is 0 Å². The van der Waals surface area contributed by atoms with Crippen molar-refractivity contribution in [1.82, 2.24) is 10.2 Å². The van der Waals surface area contributed by atoms with Crippen LogP contribution in [-0.2, 0) is 6.18 Å². The van der Waals surface area contributed by atoms with Crippen molar-refractivity contribution in [3.63, 3.8) is 0 Å². The number of nitrogens with one attached hydrogen (secondary N) is 1. The smallest absolute Gasteiger partial charge is 0.307 e. The van der Waals surface area contributed by atoms with Gasteiger partial charge in [0.25, 0.3) is 0 Å². The van der Waals surface area contributed by atoms with E-state index in [1.807, 2.05) is 6.92 Å². The van der Waals surface area contributed by atoms with Crippen molar-refractivity contribution >= 4 is 0 Å². The summed E-state index contributed by atoms with van der Waals surface area (Å²) >= 11 is 0. The summed E-state index contributed by atoms with van der Waals surface area (Å²) in [6, 6.07) is 6.48. The lowest BCUT2D eigenvalue weighted by Crippen LogP contribution is -2.46. The van der Waals surface area contributed by atoms with E-state index in [-0.39, 0.29) is 6.04 Å². The maximum atomic E-state index is 12.6. The molecule has 0 spiro atoms. The molecule has 5 heteroatoms. The predicted molar refractivity (Wildman–Crippen MR) is 78.1 cm³/mol. The normalized spacial score (nSPS) is 25.8. The number of halogens is 3. The first kappa shape index (κ1) is 16.3. The van der Waals surface area contributed by atoms with Gasteiger partial charge in [0.05, 0.1) is 5.56 Å². The van der Waals surface area contributed by atoms with Crippen molar-refractivity contribution in [2.75, 3.05) is 13.6 Å². The largest absolute Gasteiger partial charge is 0.416 e. The second-order valence-electron chi connectivity index (χ2n) is 6.06. The van der Waals surface area contributed by atoms with Crippen LogP contribution in [0.4, 0.5) is 13.2 Å². The Labute approximate surface area is 124 Å². The van der Waals surface area contributed by atoms with Gasteiger partial charge < -0.3 is 10.2 Å². The standard InChI is InChI=1S/C16H23F3N2/c1-11-10-15(8-9-21(11)3)20-12(2)13-4-6-14(7-5-13)16(17,18)19/h4-7,11-12,15,20H,8-10H2,1-3H3. The third-order valence-corrected chi connectivity index (χ3v) is 4.43. The van der Waals surface area contributed by atoms with E-state index in [1.165, 1.54) is 0 Å². The molecule has 1 aliphatic rings. The lowest BCUT2D eigenvalue weighted by molar-refractivity contribution is -0.137. The van der Waals surface area contributed by atoms with Crippen LogP contribution < -0.4 is 5.32 Å². The van der Waals surface area contributed by atoms with E-state index in [9.17, 15) is 13.2 Å². The fourth-order valence-electron chi connectivity index (χ4n) is 2.85. The molecule has 1 aromatic carbocycles. The third kappa shape index (κ3) is 4.20. The van der Waals surface area contributed by atoms with E-state index in [1.54, 1.807) is 12.1 Å². The van der Waals surface area contributed by atoms with Gasteiger partial charge >= 0.3 is 6.18 Å². The number of hydrogen-bond donors (Lipinski definition) is 1. The molecule has 0 radical (unpaired) electrons. The van der Waals surface area contributed by atoms with Crippen molar-refractivity contribution in [1.29, 1.82) is 0 Å². The monoisotopic (exact) mass is 300 g/mol. The summed E-state index contributed by atoms with van der Waals surface area (Å²) in [4.78, 5) is 2.33. The Morgan fingerprint density at radius 3 is 2.38 bits per heavy atom. The molecule has 0 aliphatic carbocycles. The molecular weight excluding hydrogens is 277 g/mol. The Bertz CT molecular complexity index is 456. The third-order valence-electron chi connectivity index (χ3n) is 4.43. The minimum absolute atomic E-state index is 0.0629. The summed E-state index contributed by atoms with van der Waals surface area (Å²) in [6.45, 7) is 5.26. The van der Waals surface area contributed by atoms with Crippen LogP contribution in [-0.4, -0.2) is 30.6 Å². The SMILES string of the molecule is CC(NC1CCN(C)C(C)C1)c1ccc(C(F)(F)F)cc1. The molecular formula is C16H23F3N2. The number of rotatable bonds is 3. The summed E-state index contributed by atoms with van der Waals surface area (Å²) < 4.78 is 37.7. The maximum Gasteiger partial charge on any atom is 0.416 e. The first-order valence-electron chi connectivity index (χ1n) is 7.41. The van der Waals surface area contributed by atoms with Gasteiger partial charge in [-0.2, -0.15) is 13.2 Å². The van der Waals surface area contributed by atoms with Crippen LogP contribution in [0, 0.1) is 0 Å². The van der Waals surface area contributed by atoms with E-state index in [0.29, 0.717) is 12.1 Å². The minimum atomic E-state index is -4.27. The van der Waals surface area contributed by atoms with Gasteiger partial charge in [0, 0.05) is 18.1 Å². The Balaban J connectivity index is 1.96. The fraction of sp³-hybridized carbons (Fsp3) is 0.625. The highest BCUT2D eigenvalue weighted by atomic mass is 19.4. The molecule has 0 aromatic heterocycles. The van der Waals surface area contributed by atoms with Crippen molar-refractivity contribution in [3.05, 3.63) is 35.4 Å². The molecule has 1 N–H and O–H groups in total. The van der Waals surface area contributed by atoms with E-state index in [2.05, 4.69) is 24.2 Å². The van der Waals surface area contributed by atoms with Gasteiger partial charge in [-0.15, -0.1) is 0 Å². The molecule has 2 rings (SSSR count). The molecule has 1 heterocycles. The van der Waals surface area contributed by atoms with Gasteiger partial charge in [0.1, 0.15) is 0 Å². The lowest BCUT2D eigenvalue weighted by atomic mass is 9.97.